The molecule has 216 valence electrons. The van der Waals surface area contributed by atoms with E-state index in [9.17, 15) is 5.11 Å². The summed E-state index contributed by atoms with van der Waals surface area (Å²) in [6, 6.07) is 29.4. The molecule has 1 aliphatic heterocycles. The van der Waals surface area contributed by atoms with Gasteiger partial charge in [-0.3, -0.25) is 0 Å². The standard InChI is InChI=1S/C36H34N3OS.Pt/c1-20(2)39-29-15-9-13-25(30(29)37-34(39)26-14-7-10-22(4)32(26)40)23-11-8-12-24(19-23)35-38-31-27-18-21(3)16-17-28(27)36(5,6)33(31)41-35;/h7-18,20,31,33,40H,1-6H3;/q-1;/t31-,33?;/m0./s1. The molecule has 0 saturated carbocycles. The molecule has 4 aromatic carbocycles. The molecule has 0 spiro atoms. The monoisotopic (exact) mass is 751 g/mol. The summed E-state index contributed by atoms with van der Waals surface area (Å²) < 4.78 is 2.22. The Labute approximate surface area is 266 Å². The molecule has 0 bridgehead atoms. The van der Waals surface area contributed by atoms with Crippen LogP contribution >= 0.6 is 11.8 Å². The average Bonchev–Trinajstić information content (AvgIpc) is 3.62. The van der Waals surface area contributed by atoms with Gasteiger partial charge in [0.2, 0.25) is 0 Å². The molecule has 0 amide bonds. The van der Waals surface area contributed by atoms with Gasteiger partial charge in [-0.25, -0.2) is 4.98 Å². The van der Waals surface area contributed by atoms with Crippen molar-refractivity contribution in [2.75, 3.05) is 0 Å². The molecule has 2 atom stereocenters. The Bertz CT molecular complexity index is 1890. The van der Waals surface area contributed by atoms with Crippen LogP contribution in [0.3, 0.4) is 0 Å². The van der Waals surface area contributed by atoms with Crippen LogP contribution in [0.2, 0.25) is 0 Å². The van der Waals surface area contributed by atoms with Gasteiger partial charge in [-0.05, 0) is 56.5 Å². The molecule has 2 aliphatic rings. The molecule has 42 heavy (non-hydrogen) atoms. The van der Waals surface area contributed by atoms with Crippen LogP contribution in [0, 0.1) is 19.9 Å². The fourth-order valence-corrected chi connectivity index (χ4v) is 8.04. The summed E-state index contributed by atoms with van der Waals surface area (Å²) >= 11 is 1.89. The number of aromatic nitrogens is 2. The first kappa shape index (κ1) is 29.0. The Morgan fingerprint density at radius 2 is 1.64 bits per heavy atom. The molecule has 1 unspecified atom stereocenters. The van der Waals surface area contributed by atoms with Gasteiger partial charge < -0.3 is 14.7 Å². The van der Waals surface area contributed by atoms with Crippen LogP contribution < -0.4 is 0 Å². The Hall–Kier alpha value is -3.14. The minimum absolute atomic E-state index is 0. The summed E-state index contributed by atoms with van der Waals surface area (Å²) in [5.74, 6) is 1.06. The molecule has 0 radical (unpaired) electrons. The molecule has 5 aromatic rings. The predicted octanol–water partition coefficient (Wildman–Crippen LogP) is 8.97. The predicted molar refractivity (Wildman–Crippen MR) is 171 cm³/mol. The number of imidazole rings is 1. The number of para-hydroxylation sites is 2. The molecule has 2 heterocycles. The van der Waals surface area contributed by atoms with Gasteiger partial charge in [0.1, 0.15) is 11.6 Å². The number of hydrogen-bond acceptors (Lipinski definition) is 4. The third-order valence-corrected chi connectivity index (χ3v) is 10.4. The summed E-state index contributed by atoms with van der Waals surface area (Å²) in [5, 5.41) is 12.4. The van der Waals surface area contributed by atoms with Gasteiger partial charge in [-0.15, -0.1) is 41.6 Å². The molecule has 0 saturated heterocycles. The van der Waals surface area contributed by atoms with Crippen molar-refractivity contribution >= 4 is 27.8 Å². The minimum Gasteiger partial charge on any atom is -0.507 e. The van der Waals surface area contributed by atoms with Gasteiger partial charge in [-0.2, -0.15) is 0 Å². The molecule has 4 nitrogen and oxygen atoms in total. The zero-order valence-corrected chi connectivity index (χ0v) is 27.8. The van der Waals surface area contributed by atoms with E-state index in [0.29, 0.717) is 5.25 Å². The minimum atomic E-state index is 0. The van der Waals surface area contributed by atoms with Crippen LogP contribution in [-0.4, -0.2) is 25.0 Å². The Kier molecular flexibility index (Phi) is 7.27. The molecule has 6 heteroatoms. The van der Waals surface area contributed by atoms with Crippen molar-refractivity contribution in [2.45, 2.75) is 64.3 Å². The summed E-state index contributed by atoms with van der Waals surface area (Å²) in [6.45, 7) is 13.1. The SMILES string of the molecule is Cc1ccc2c(c1)[C@@H]1N=C(c3[c-]c(-c4cccc5c4nc(-c4cccc(C)c4O)n5C(C)C)ccc3)SC1C2(C)C.[Pt]. The molecule has 1 N–H and O–H groups in total. The fraction of sp³-hybridized carbons (Fsp3) is 0.278. The van der Waals surface area contributed by atoms with Crippen molar-refractivity contribution in [2.24, 2.45) is 4.99 Å². The third-order valence-electron chi connectivity index (χ3n) is 8.74. The molecular formula is C36H34N3OPtS-. The number of aromatic hydroxyl groups is 1. The molecule has 1 aliphatic carbocycles. The Morgan fingerprint density at radius 1 is 0.929 bits per heavy atom. The number of nitrogens with zero attached hydrogens (tertiary/aromatic N) is 3. The zero-order valence-electron chi connectivity index (χ0n) is 24.7. The van der Waals surface area contributed by atoms with Crippen LogP contribution in [0.4, 0.5) is 0 Å². The quantitative estimate of drug-likeness (QED) is 0.187. The van der Waals surface area contributed by atoms with Gasteiger partial charge in [0.15, 0.2) is 0 Å². The van der Waals surface area contributed by atoms with E-state index < -0.39 is 0 Å². The van der Waals surface area contributed by atoms with E-state index in [4.69, 9.17) is 9.98 Å². The van der Waals surface area contributed by atoms with Crippen LogP contribution in [0.1, 0.15) is 67.6 Å². The summed E-state index contributed by atoms with van der Waals surface area (Å²) in [7, 11) is 0. The van der Waals surface area contributed by atoms with Crippen LogP contribution in [0.15, 0.2) is 77.8 Å². The maximum atomic E-state index is 10.9. The second-order valence-corrected chi connectivity index (χ2v) is 13.4. The topological polar surface area (TPSA) is 50.4 Å². The summed E-state index contributed by atoms with van der Waals surface area (Å²) in [4.78, 5) is 10.5. The number of hydrogen-bond donors (Lipinski definition) is 1. The molecular weight excluding hydrogens is 718 g/mol. The maximum Gasteiger partial charge on any atom is 0.144 e. The van der Waals surface area contributed by atoms with E-state index in [2.05, 4.69) is 99.8 Å². The fourth-order valence-electron chi connectivity index (χ4n) is 6.62. The van der Waals surface area contributed by atoms with Crippen LogP contribution in [0.25, 0.3) is 33.5 Å². The number of phenolic OH excluding ortho intramolecular Hbond substituents is 1. The van der Waals surface area contributed by atoms with Crippen LogP contribution in [0.5, 0.6) is 5.75 Å². The van der Waals surface area contributed by atoms with E-state index in [1.54, 1.807) is 0 Å². The first-order chi connectivity index (χ1) is 19.6. The number of benzene rings is 4. The maximum absolute atomic E-state index is 10.9. The van der Waals surface area contributed by atoms with Gasteiger partial charge in [0.25, 0.3) is 0 Å². The van der Waals surface area contributed by atoms with E-state index >= 15 is 0 Å². The number of fused-ring (bicyclic) bond motifs is 4. The van der Waals surface area contributed by atoms with E-state index in [0.717, 1.165) is 49.7 Å². The van der Waals surface area contributed by atoms with Crippen molar-refractivity contribution in [1.82, 2.24) is 9.55 Å². The van der Waals surface area contributed by atoms with Gasteiger partial charge in [-0.1, -0.05) is 73.0 Å². The molecule has 0 fully saturated rings. The Morgan fingerprint density at radius 3 is 2.43 bits per heavy atom. The summed E-state index contributed by atoms with van der Waals surface area (Å²) in [6.07, 6.45) is 0. The first-order valence-corrected chi connectivity index (χ1v) is 15.2. The number of aliphatic imine (C=N–C) groups is 1. The van der Waals surface area contributed by atoms with Gasteiger partial charge in [0, 0.05) is 42.8 Å². The van der Waals surface area contributed by atoms with Crippen molar-refractivity contribution in [3.63, 3.8) is 0 Å². The average molecular weight is 752 g/mol. The van der Waals surface area contributed by atoms with Crippen molar-refractivity contribution < 1.29 is 26.2 Å². The normalized spacial score (nSPS) is 18.6. The number of aryl methyl sites for hydroxylation is 2. The second kappa shape index (κ2) is 10.5. The molecule has 1 aromatic heterocycles. The largest absolute Gasteiger partial charge is 0.507 e. The van der Waals surface area contributed by atoms with E-state index in [1.165, 1.54) is 16.7 Å². The zero-order chi connectivity index (χ0) is 28.6. The number of rotatable bonds is 4. The van der Waals surface area contributed by atoms with Crippen molar-refractivity contribution in [3.8, 4) is 28.3 Å². The van der Waals surface area contributed by atoms with E-state index in [-0.39, 0.29) is 44.3 Å². The third kappa shape index (κ3) is 4.39. The molecule has 7 rings (SSSR count). The van der Waals surface area contributed by atoms with Gasteiger partial charge in [0.05, 0.1) is 22.6 Å². The number of thioether (sulfide) groups is 1. The number of phenols is 1. The Balaban J connectivity index is 0.00000316. The first-order valence-electron chi connectivity index (χ1n) is 14.3. The van der Waals surface area contributed by atoms with Crippen LogP contribution in [-0.2, 0) is 26.5 Å². The van der Waals surface area contributed by atoms with E-state index in [1.807, 2.05) is 36.9 Å². The second-order valence-electron chi connectivity index (χ2n) is 12.3. The van der Waals surface area contributed by atoms with Crippen molar-refractivity contribution in [1.29, 1.82) is 0 Å². The van der Waals surface area contributed by atoms with Crippen molar-refractivity contribution in [3.05, 3.63) is 107 Å². The van der Waals surface area contributed by atoms with Gasteiger partial charge >= 0.3 is 0 Å². The smallest absolute Gasteiger partial charge is 0.144 e. The summed E-state index contributed by atoms with van der Waals surface area (Å²) in [5.41, 5.74) is 10.7.